The van der Waals surface area contributed by atoms with E-state index in [1.807, 2.05) is 0 Å². The van der Waals surface area contributed by atoms with Gasteiger partial charge in [-0.15, -0.1) is 0 Å². The smallest absolute Gasteiger partial charge is 0.387 e. The highest BCUT2D eigenvalue weighted by atomic mass is 19.3. The molecule has 0 fully saturated rings. The number of halogens is 2. The lowest BCUT2D eigenvalue weighted by Gasteiger charge is -2.09. The first-order valence-electron chi connectivity index (χ1n) is 7.76. The summed E-state index contributed by atoms with van der Waals surface area (Å²) >= 11 is 0. The molecular weight excluding hydrogens is 342 g/mol. The van der Waals surface area contributed by atoms with Gasteiger partial charge in [0.1, 0.15) is 5.75 Å². The van der Waals surface area contributed by atoms with E-state index in [1.54, 1.807) is 43.3 Å². The molecule has 0 aliphatic carbocycles. The number of amides is 2. The van der Waals surface area contributed by atoms with Crippen molar-refractivity contribution >= 4 is 23.6 Å². The van der Waals surface area contributed by atoms with E-state index < -0.39 is 12.5 Å². The van der Waals surface area contributed by atoms with Crippen LogP contribution in [0.1, 0.15) is 21.5 Å². The van der Waals surface area contributed by atoms with Crippen LogP contribution in [0.2, 0.25) is 0 Å². The fraction of sp³-hybridized carbons (Fsp3) is 0.158. The molecule has 0 bridgehead atoms. The molecule has 0 heterocycles. The molecule has 5 nitrogen and oxygen atoms in total. The second-order valence-corrected chi connectivity index (χ2v) is 5.35. The Hall–Kier alpha value is -3.22. The third-order valence-corrected chi connectivity index (χ3v) is 3.53. The van der Waals surface area contributed by atoms with E-state index in [4.69, 9.17) is 0 Å². The number of aryl methyl sites for hydroxylation is 1. The Morgan fingerprint density at radius 1 is 1.15 bits per heavy atom. The lowest BCUT2D eigenvalue weighted by Crippen LogP contribution is -2.18. The summed E-state index contributed by atoms with van der Waals surface area (Å²) in [7, 11) is 1.52. The Morgan fingerprint density at radius 2 is 1.88 bits per heavy atom. The Labute approximate surface area is 149 Å². The van der Waals surface area contributed by atoms with Gasteiger partial charge in [-0.2, -0.15) is 8.78 Å². The Bertz CT molecular complexity index is 835. The number of nitrogens with one attached hydrogen (secondary N) is 2. The van der Waals surface area contributed by atoms with Crippen LogP contribution in [0.25, 0.3) is 6.08 Å². The summed E-state index contributed by atoms with van der Waals surface area (Å²) < 4.78 is 29.2. The molecular formula is C19H18F2N2O3. The maximum Gasteiger partial charge on any atom is 0.387 e. The van der Waals surface area contributed by atoms with E-state index in [-0.39, 0.29) is 11.7 Å². The average molecular weight is 360 g/mol. The summed E-state index contributed by atoms with van der Waals surface area (Å²) in [5, 5.41) is 5.17. The zero-order valence-corrected chi connectivity index (χ0v) is 14.3. The SMILES string of the molecule is CNC(=O)c1ccc(C)c(NC(=O)/C=C/c2ccccc2OC(F)F)c1. The number of carbonyl (C=O) groups is 2. The quantitative estimate of drug-likeness (QED) is 0.774. The first-order valence-corrected chi connectivity index (χ1v) is 7.76. The van der Waals surface area contributed by atoms with Gasteiger partial charge in [0.2, 0.25) is 5.91 Å². The molecule has 0 spiro atoms. The Morgan fingerprint density at radius 3 is 2.58 bits per heavy atom. The Kier molecular flexibility index (Phi) is 6.43. The number of para-hydroxylation sites is 1. The molecule has 0 aromatic heterocycles. The van der Waals surface area contributed by atoms with Gasteiger partial charge in [-0.05, 0) is 36.8 Å². The predicted molar refractivity (Wildman–Crippen MR) is 95.3 cm³/mol. The maximum atomic E-state index is 12.4. The second kappa shape index (κ2) is 8.75. The van der Waals surface area contributed by atoms with Gasteiger partial charge in [-0.25, -0.2) is 0 Å². The number of carbonyl (C=O) groups excluding carboxylic acids is 2. The summed E-state index contributed by atoms with van der Waals surface area (Å²) in [6.45, 7) is -1.16. The van der Waals surface area contributed by atoms with Crippen molar-refractivity contribution < 1.29 is 23.1 Å². The van der Waals surface area contributed by atoms with Crippen molar-refractivity contribution in [2.75, 3.05) is 12.4 Å². The summed E-state index contributed by atoms with van der Waals surface area (Å²) in [5.74, 6) is -0.757. The van der Waals surface area contributed by atoms with Crippen LogP contribution in [0.4, 0.5) is 14.5 Å². The largest absolute Gasteiger partial charge is 0.434 e. The standard InChI is InChI=1S/C19H18F2N2O3/c1-12-7-8-14(18(25)22-2)11-15(12)23-17(24)10-9-13-5-3-4-6-16(13)26-19(20)21/h3-11,19H,1-2H3,(H,22,25)(H,23,24)/b10-9+. The van der Waals surface area contributed by atoms with E-state index in [9.17, 15) is 18.4 Å². The van der Waals surface area contributed by atoms with Crippen molar-refractivity contribution in [1.29, 1.82) is 0 Å². The lowest BCUT2D eigenvalue weighted by atomic mass is 10.1. The molecule has 7 heteroatoms. The third kappa shape index (κ3) is 5.14. The van der Waals surface area contributed by atoms with Gasteiger partial charge >= 0.3 is 6.61 Å². The predicted octanol–water partition coefficient (Wildman–Crippen LogP) is 3.61. The van der Waals surface area contributed by atoms with Crippen LogP contribution in [0.15, 0.2) is 48.5 Å². The minimum Gasteiger partial charge on any atom is -0.434 e. The van der Waals surface area contributed by atoms with Gasteiger partial charge in [0.05, 0.1) is 0 Å². The minimum absolute atomic E-state index is 0.0238. The summed E-state index contributed by atoms with van der Waals surface area (Å²) in [6, 6.07) is 11.1. The van der Waals surface area contributed by atoms with Crippen LogP contribution in [-0.4, -0.2) is 25.5 Å². The van der Waals surface area contributed by atoms with Crippen LogP contribution in [0.3, 0.4) is 0 Å². The molecule has 0 atom stereocenters. The molecule has 0 aliphatic rings. The van der Waals surface area contributed by atoms with Crippen molar-refractivity contribution in [2.24, 2.45) is 0 Å². The van der Waals surface area contributed by atoms with Crippen molar-refractivity contribution in [3.05, 3.63) is 65.2 Å². The van der Waals surface area contributed by atoms with Crippen molar-refractivity contribution in [1.82, 2.24) is 5.32 Å². The minimum atomic E-state index is -2.95. The van der Waals surface area contributed by atoms with Gasteiger partial charge in [0, 0.05) is 29.9 Å². The fourth-order valence-corrected chi connectivity index (χ4v) is 2.20. The summed E-state index contributed by atoms with van der Waals surface area (Å²) in [6.07, 6.45) is 2.59. The van der Waals surface area contributed by atoms with Crippen LogP contribution < -0.4 is 15.4 Å². The second-order valence-electron chi connectivity index (χ2n) is 5.35. The molecule has 2 N–H and O–H groups in total. The van der Waals surface area contributed by atoms with E-state index in [0.717, 1.165) is 5.56 Å². The third-order valence-electron chi connectivity index (χ3n) is 3.53. The normalized spacial score (nSPS) is 10.8. The molecule has 2 rings (SSSR count). The number of hydrogen-bond acceptors (Lipinski definition) is 3. The van der Waals surface area contributed by atoms with Gasteiger partial charge in [-0.1, -0.05) is 24.3 Å². The van der Waals surface area contributed by atoms with Crippen LogP contribution in [0, 0.1) is 6.92 Å². The van der Waals surface area contributed by atoms with Gasteiger partial charge in [-0.3, -0.25) is 9.59 Å². The van der Waals surface area contributed by atoms with Gasteiger partial charge in [0.15, 0.2) is 0 Å². The zero-order valence-electron chi connectivity index (χ0n) is 14.3. The molecule has 0 radical (unpaired) electrons. The zero-order chi connectivity index (χ0) is 19.1. The molecule has 0 unspecified atom stereocenters. The molecule has 2 aromatic rings. The van der Waals surface area contributed by atoms with Crippen molar-refractivity contribution in [2.45, 2.75) is 13.5 Å². The monoisotopic (exact) mass is 360 g/mol. The molecule has 0 saturated carbocycles. The first-order chi connectivity index (χ1) is 12.4. The number of benzene rings is 2. The fourth-order valence-electron chi connectivity index (χ4n) is 2.20. The molecule has 2 amide bonds. The van der Waals surface area contributed by atoms with Crippen LogP contribution in [-0.2, 0) is 4.79 Å². The lowest BCUT2D eigenvalue weighted by molar-refractivity contribution is -0.111. The highest BCUT2D eigenvalue weighted by Gasteiger charge is 2.09. The molecule has 136 valence electrons. The summed E-state index contributed by atoms with van der Waals surface area (Å²) in [4.78, 5) is 23.8. The van der Waals surface area contributed by atoms with Crippen molar-refractivity contribution in [3.8, 4) is 5.75 Å². The van der Waals surface area contributed by atoms with E-state index in [2.05, 4.69) is 15.4 Å². The number of anilines is 1. The number of rotatable bonds is 6. The van der Waals surface area contributed by atoms with Gasteiger partial charge in [0.25, 0.3) is 5.91 Å². The highest BCUT2D eigenvalue weighted by molar-refractivity contribution is 6.03. The molecule has 0 aliphatic heterocycles. The van der Waals surface area contributed by atoms with Crippen LogP contribution >= 0.6 is 0 Å². The van der Waals surface area contributed by atoms with E-state index in [0.29, 0.717) is 16.8 Å². The Balaban J connectivity index is 2.14. The molecule has 26 heavy (non-hydrogen) atoms. The number of ether oxygens (including phenoxy) is 1. The van der Waals surface area contributed by atoms with Gasteiger partial charge < -0.3 is 15.4 Å². The summed E-state index contributed by atoms with van der Waals surface area (Å²) in [5.41, 5.74) is 2.02. The average Bonchev–Trinajstić information content (AvgIpc) is 2.61. The molecule has 2 aromatic carbocycles. The van der Waals surface area contributed by atoms with Crippen molar-refractivity contribution in [3.63, 3.8) is 0 Å². The number of hydrogen-bond donors (Lipinski definition) is 2. The van der Waals surface area contributed by atoms with E-state index >= 15 is 0 Å². The molecule has 0 saturated heterocycles. The topological polar surface area (TPSA) is 67.4 Å². The van der Waals surface area contributed by atoms with E-state index in [1.165, 1.54) is 25.3 Å². The first kappa shape index (κ1) is 19.1. The van der Waals surface area contributed by atoms with Crippen LogP contribution in [0.5, 0.6) is 5.75 Å². The number of alkyl halides is 2. The highest BCUT2D eigenvalue weighted by Crippen LogP contribution is 2.22. The maximum absolute atomic E-state index is 12.4.